The van der Waals surface area contributed by atoms with Gasteiger partial charge in [-0.05, 0) is 30.9 Å². The van der Waals surface area contributed by atoms with Gasteiger partial charge in [-0.15, -0.1) is 11.6 Å². The first-order valence-electron chi connectivity index (χ1n) is 7.13. The molecule has 0 spiro atoms. The lowest BCUT2D eigenvalue weighted by molar-refractivity contribution is 0.302. The molecule has 3 heteroatoms. The second-order valence-electron chi connectivity index (χ2n) is 5.16. The van der Waals surface area contributed by atoms with Crippen LogP contribution in [0.15, 0.2) is 42.6 Å². The van der Waals surface area contributed by atoms with Crippen molar-refractivity contribution in [1.82, 2.24) is 4.98 Å². The monoisotopic (exact) mass is 287 g/mol. The van der Waals surface area contributed by atoms with E-state index in [0.29, 0.717) is 6.61 Å². The van der Waals surface area contributed by atoms with E-state index in [1.54, 1.807) is 6.20 Å². The van der Waals surface area contributed by atoms with Crippen LogP contribution in [0.4, 0.5) is 0 Å². The van der Waals surface area contributed by atoms with E-state index in [9.17, 15) is 0 Å². The topological polar surface area (TPSA) is 22.1 Å². The Bertz CT molecular complexity index is 570. The van der Waals surface area contributed by atoms with E-state index in [4.69, 9.17) is 16.3 Å². The van der Waals surface area contributed by atoms with E-state index in [1.165, 1.54) is 11.1 Å². The highest BCUT2D eigenvalue weighted by Crippen LogP contribution is 2.36. The maximum atomic E-state index is 6.42. The number of benzene rings is 1. The molecule has 1 atom stereocenters. The molecular weight excluding hydrogens is 270 g/mol. The van der Waals surface area contributed by atoms with Crippen LogP contribution in [-0.4, -0.2) is 4.98 Å². The minimum atomic E-state index is 0.0211. The van der Waals surface area contributed by atoms with Crippen LogP contribution in [0.5, 0.6) is 5.75 Å². The summed E-state index contributed by atoms with van der Waals surface area (Å²) in [5, 5.41) is 0.0211. The Morgan fingerprint density at radius 2 is 2.00 bits per heavy atom. The molecule has 20 heavy (non-hydrogen) atoms. The van der Waals surface area contributed by atoms with Crippen LogP contribution in [0, 0.1) is 0 Å². The summed E-state index contributed by atoms with van der Waals surface area (Å²) in [6.45, 7) is 0.588. The minimum Gasteiger partial charge on any atom is -0.488 e. The molecule has 1 aliphatic rings. The zero-order valence-electron chi connectivity index (χ0n) is 11.4. The summed E-state index contributed by atoms with van der Waals surface area (Å²) in [6.07, 6.45) is 6.13. The number of rotatable bonds is 3. The van der Waals surface area contributed by atoms with Crippen molar-refractivity contribution in [2.45, 2.75) is 37.7 Å². The number of alkyl halides is 1. The first kappa shape index (κ1) is 13.4. The predicted octanol–water partition coefficient (Wildman–Crippen LogP) is 4.67. The number of halogens is 1. The van der Waals surface area contributed by atoms with Crippen LogP contribution < -0.4 is 4.74 Å². The van der Waals surface area contributed by atoms with Crippen LogP contribution in [0.3, 0.4) is 0 Å². The number of aromatic nitrogens is 1. The van der Waals surface area contributed by atoms with Gasteiger partial charge in [0, 0.05) is 11.8 Å². The number of ether oxygens (including phenoxy) is 1. The smallest absolute Gasteiger partial charge is 0.126 e. The van der Waals surface area contributed by atoms with Crippen molar-refractivity contribution >= 4 is 11.6 Å². The molecule has 0 radical (unpaired) electrons. The van der Waals surface area contributed by atoms with Gasteiger partial charge in [0.15, 0.2) is 0 Å². The van der Waals surface area contributed by atoms with Crippen LogP contribution in [-0.2, 0) is 13.0 Å². The standard InChI is InChI=1S/C17H18ClNO/c18-15-9-5-4-8-14-16(10-11-19-17(14)15)20-12-13-6-2-1-3-7-13/h1-3,6-7,10-11,15H,4-5,8-9,12H2. The number of nitrogens with zero attached hydrogens (tertiary/aromatic N) is 1. The molecule has 1 heterocycles. The summed E-state index contributed by atoms with van der Waals surface area (Å²) in [7, 11) is 0. The summed E-state index contributed by atoms with van der Waals surface area (Å²) < 4.78 is 6.00. The van der Waals surface area contributed by atoms with Gasteiger partial charge in [-0.25, -0.2) is 0 Å². The molecule has 0 N–H and O–H groups in total. The molecule has 1 aromatic heterocycles. The quantitative estimate of drug-likeness (QED) is 0.605. The largest absolute Gasteiger partial charge is 0.488 e. The summed E-state index contributed by atoms with van der Waals surface area (Å²) in [5.41, 5.74) is 3.38. The highest BCUT2D eigenvalue weighted by molar-refractivity contribution is 6.20. The molecule has 0 aliphatic heterocycles. The van der Waals surface area contributed by atoms with E-state index < -0.39 is 0 Å². The molecule has 104 valence electrons. The summed E-state index contributed by atoms with van der Waals surface area (Å²) >= 11 is 6.42. The predicted molar refractivity (Wildman–Crippen MR) is 81.2 cm³/mol. The molecule has 2 nitrogen and oxygen atoms in total. The Morgan fingerprint density at radius 3 is 2.85 bits per heavy atom. The third-order valence-electron chi connectivity index (χ3n) is 3.71. The maximum absolute atomic E-state index is 6.42. The molecule has 1 aromatic carbocycles. The van der Waals surface area contributed by atoms with Crippen LogP contribution >= 0.6 is 11.6 Å². The average Bonchev–Trinajstić information content (AvgIpc) is 2.69. The highest BCUT2D eigenvalue weighted by atomic mass is 35.5. The normalized spacial score (nSPS) is 18.1. The Balaban J connectivity index is 1.82. The van der Waals surface area contributed by atoms with Gasteiger partial charge in [0.1, 0.15) is 12.4 Å². The zero-order chi connectivity index (χ0) is 13.8. The van der Waals surface area contributed by atoms with Crippen molar-refractivity contribution in [3.05, 3.63) is 59.4 Å². The minimum absolute atomic E-state index is 0.0211. The lowest BCUT2D eigenvalue weighted by Gasteiger charge is -2.14. The van der Waals surface area contributed by atoms with Crippen molar-refractivity contribution in [2.24, 2.45) is 0 Å². The molecular formula is C17H18ClNO. The molecule has 0 saturated carbocycles. The van der Waals surface area contributed by atoms with Gasteiger partial charge in [0.2, 0.25) is 0 Å². The van der Waals surface area contributed by atoms with Gasteiger partial charge in [-0.3, -0.25) is 4.98 Å². The van der Waals surface area contributed by atoms with Crippen molar-refractivity contribution < 1.29 is 4.74 Å². The first-order chi connectivity index (χ1) is 9.84. The van der Waals surface area contributed by atoms with E-state index in [-0.39, 0.29) is 5.38 Å². The second-order valence-corrected chi connectivity index (χ2v) is 5.69. The summed E-state index contributed by atoms with van der Waals surface area (Å²) in [6, 6.07) is 12.2. The second kappa shape index (κ2) is 6.27. The number of hydrogen-bond donors (Lipinski definition) is 0. The molecule has 3 rings (SSSR count). The van der Waals surface area contributed by atoms with Gasteiger partial charge in [0.25, 0.3) is 0 Å². The van der Waals surface area contributed by atoms with Crippen molar-refractivity contribution in [2.75, 3.05) is 0 Å². The van der Waals surface area contributed by atoms with Crippen LogP contribution in [0.2, 0.25) is 0 Å². The van der Waals surface area contributed by atoms with E-state index in [1.807, 2.05) is 24.3 Å². The Hall–Kier alpha value is -1.54. The fourth-order valence-electron chi connectivity index (χ4n) is 2.64. The lowest BCUT2D eigenvalue weighted by atomic mass is 10.1. The van der Waals surface area contributed by atoms with Crippen molar-refractivity contribution in [3.8, 4) is 5.75 Å². The Kier molecular flexibility index (Phi) is 4.22. The van der Waals surface area contributed by atoms with Gasteiger partial charge in [-0.1, -0.05) is 36.8 Å². The van der Waals surface area contributed by atoms with E-state index in [2.05, 4.69) is 17.1 Å². The maximum Gasteiger partial charge on any atom is 0.126 e. The summed E-state index contributed by atoms with van der Waals surface area (Å²) in [5.74, 6) is 0.936. The highest BCUT2D eigenvalue weighted by Gasteiger charge is 2.20. The number of hydrogen-bond acceptors (Lipinski definition) is 2. The average molecular weight is 288 g/mol. The molecule has 0 amide bonds. The fraction of sp³-hybridized carbons (Fsp3) is 0.353. The first-order valence-corrected chi connectivity index (χ1v) is 7.57. The summed E-state index contributed by atoms with van der Waals surface area (Å²) in [4.78, 5) is 4.46. The number of fused-ring (bicyclic) bond motifs is 1. The number of pyridine rings is 1. The van der Waals surface area contributed by atoms with E-state index in [0.717, 1.165) is 37.1 Å². The fourth-order valence-corrected chi connectivity index (χ4v) is 2.99. The van der Waals surface area contributed by atoms with Crippen molar-refractivity contribution in [1.29, 1.82) is 0 Å². The third-order valence-corrected chi connectivity index (χ3v) is 4.14. The molecule has 2 aromatic rings. The van der Waals surface area contributed by atoms with Crippen LogP contribution in [0.25, 0.3) is 0 Å². The zero-order valence-corrected chi connectivity index (χ0v) is 12.1. The van der Waals surface area contributed by atoms with E-state index >= 15 is 0 Å². The molecule has 0 bridgehead atoms. The molecule has 0 fully saturated rings. The van der Waals surface area contributed by atoms with Gasteiger partial charge < -0.3 is 4.74 Å². The van der Waals surface area contributed by atoms with Gasteiger partial charge in [-0.2, -0.15) is 0 Å². The van der Waals surface area contributed by atoms with Crippen LogP contribution in [0.1, 0.15) is 41.5 Å². The molecule has 0 saturated heterocycles. The SMILES string of the molecule is ClC1CCCCc2c(OCc3ccccc3)ccnc21. The van der Waals surface area contributed by atoms with Crippen molar-refractivity contribution in [3.63, 3.8) is 0 Å². The van der Waals surface area contributed by atoms with Gasteiger partial charge in [0.05, 0.1) is 11.1 Å². The Morgan fingerprint density at radius 1 is 1.15 bits per heavy atom. The third kappa shape index (κ3) is 2.96. The Labute approximate surface area is 124 Å². The lowest BCUT2D eigenvalue weighted by Crippen LogP contribution is -2.03. The molecule has 1 unspecified atom stereocenters. The van der Waals surface area contributed by atoms with Gasteiger partial charge >= 0.3 is 0 Å². The molecule has 1 aliphatic carbocycles.